The molecule has 1 heterocycles. The van der Waals surface area contributed by atoms with Crippen LogP contribution in [0.2, 0.25) is 0 Å². The molecule has 1 unspecified atom stereocenters. The first-order valence-electron chi connectivity index (χ1n) is 6.07. The van der Waals surface area contributed by atoms with Gasteiger partial charge in [0.2, 0.25) is 0 Å². The van der Waals surface area contributed by atoms with Crippen LogP contribution in [0.3, 0.4) is 0 Å². The normalized spacial score (nSPS) is 12.2. The second-order valence-corrected chi connectivity index (χ2v) is 5.24. The van der Waals surface area contributed by atoms with Crippen molar-refractivity contribution in [1.82, 2.24) is 10.2 Å². The second-order valence-electron chi connectivity index (χ2n) is 4.32. The molecule has 0 bridgehead atoms. The molecule has 0 saturated heterocycles. The number of hydrogen-bond acceptors (Lipinski definition) is 3. The molecular formula is C15H11BrN2O2. The molecule has 0 aliphatic carbocycles. The second kappa shape index (κ2) is 5.46. The summed E-state index contributed by atoms with van der Waals surface area (Å²) in [6.07, 6.45) is -0.527. The fourth-order valence-electron chi connectivity index (χ4n) is 2.21. The summed E-state index contributed by atoms with van der Waals surface area (Å²) in [7, 11) is 0. The number of rotatable bonds is 4. The Bertz CT molecular complexity index is 754. The summed E-state index contributed by atoms with van der Waals surface area (Å²) in [6.45, 7) is 0.453. The maximum atomic E-state index is 10.8. The van der Waals surface area contributed by atoms with Gasteiger partial charge in [0, 0.05) is 9.86 Å². The summed E-state index contributed by atoms with van der Waals surface area (Å²) in [6, 6.07) is 15.4. The lowest BCUT2D eigenvalue weighted by Gasteiger charge is -2.14. The van der Waals surface area contributed by atoms with Crippen LogP contribution in [0.5, 0.6) is 0 Å². The van der Waals surface area contributed by atoms with E-state index < -0.39 is 6.10 Å². The molecule has 1 N–H and O–H groups in total. The number of benzene rings is 2. The van der Waals surface area contributed by atoms with Crippen molar-refractivity contribution in [2.75, 3.05) is 0 Å². The van der Waals surface area contributed by atoms with Crippen molar-refractivity contribution in [3.8, 4) is 0 Å². The Labute approximate surface area is 123 Å². The number of halogens is 1. The van der Waals surface area contributed by atoms with Crippen molar-refractivity contribution >= 4 is 33.3 Å². The molecule has 100 valence electrons. The summed E-state index contributed by atoms with van der Waals surface area (Å²) in [5.74, 6) is 0. The van der Waals surface area contributed by atoms with Gasteiger partial charge < -0.3 is 4.74 Å². The molecule has 2 aromatic carbocycles. The molecule has 3 aromatic rings. The van der Waals surface area contributed by atoms with Gasteiger partial charge in [0.15, 0.2) is 6.10 Å². The number of nitrogens with zero attached hydrogens (tertiary/aromatic N) is 1. The van der Waals surface area contributed by atoms with Crippen LogP contribution in [0.25, 0.3) is 10.9 Å². The molecule has 0 radical (unpaired) electrons. The molecular weight excluding hydrogens is 320 g/mol. The number of nitrogens with one attached hydrogen (secondary N) is 1. The third kappa shape index (κ3) is 2.32. The number of hydrogen-bond donors (Lipinski definition) is 1. The lowest BCUT2D eigenvalue weighted by atomic mass is 10.0. The quantitative estimate of drug-likeness (QED) is 0.744. The monoisotopic (exact) mass is 330 g/mol. The van der Waals surface area contributed by atoms with Gasteiger partial charge in [0.05, 0.1) is 5.52 Å². The van der Waals surface area contributed by atoms with E-state index in [1.165, 1.54) is 0 Å². The Balaban J connectivity index is 2.13. The van der Waals surface area contributed by atoms with Crippen molar-refractivity contribution in [2.24, 2.45) is 0 Å². The van der Waals surface area contributed by atoms with Gasteiger partial charge in [0.1, 0.15) is 5.69 Å². The third-order valence-electron chi connectivity index (χ3n) is 3.09. The highest BCUT2D eigenvalue weighted by molar-refractivity contribution is 9.10. The summed E-state index contributed by atoms with van der Waals surface area (Å²) < 4.78 is 6.18. The molecule has 4 nitrogen and oxygen atoms in total. The molecule has 0 aliphatic heterocycles. The highest BCUT2D eigenvalue weighted by atomic mass is 79.9. The van der Waals surface area contributed by atoms with Gasteiger partial charge in [0.25, 0.3) is 6.47 Å². The van der Waals surface area contributed by atoms with Gasteiger partial charge in [-0.15, -0.1) is 0 Å². The minimum Gasteiger partial charge on any atom is -0.453 e. The van der Waals surface area contributed by atoms with Crippen LogP contribution in [0.4, 0.5) is 0 Å². The molecule has 5 heteroatoms. The highest BCUT2D eigenvalue weighted by Gasteiger charge is 2.21. The third-order valence-corrected chi connectivity index (χ3v) is 3.58. The Morgan fingerprint density at radius 1 is 1.20 bits per heavy atom. The number of aromatic amines is 1. The van der Waals surface area contributed by atoms with Crippen LogP contribution in [-0.4, -0.2) is 16.7 Å². The van der Waals surface area contributed by atoms with E-state index in [9.17, 15) is 4.79 Å². The highest BCUT2D eigenvalue weighted by Crippen LogP contribution is 2.30. The number of fused-ring (bicyclic) bond motifs is 1. The molecule has 3 rings (SSSR count). The van der Waals surface area contributed by atoms with Crippen LogP contribution in [0.1, 0.15) is 17.4 Å². The van der Waals surface area contributed by atoms with Crippen LogP contribution in [0, 0.1) is 0 Å². The van der Waals surface area contributed by atoms with Crippen molar-refractivity contribution in [2.45, 2.75) is 6.10 Å². The zero-order valence-electron chi connectivity index (χ0n) is 10.4. The van der Waals surface area contributed by atoms with Crippen LogP contribution in [-0.2, 0) is 9.53 Å². The largest absolute Gasteiger partial charge is 0.453 e. The molecule has 0 spiro atoms. The summed E-state index contributed by atoms with van der Waals surface area (Å²) >= 11 is 3.42. The molecule has 20 heavy (non-hydrogen) atoms. The topological polar surface area (TPSA) is 55.0 Å². The Hall–Kier alpha value is -2.14. The zero-order chi connectivity index (χ0) is 13.9. The minimum atomic E-state index is -0.527. The standard InChI is InChI=1S/C15H11BrN2O2/c16-11-5-3-4-10(8-11)15(20-9-19)14-12-6-1-2-7-13(12)17-18-14/h1-9,15H,(H,17,18). The Morgan fingerprint density at radius 3 is 2.85 bits per heavy atom. The molecule has 1 aromatic heterocycles. The van der Waals surface area contributed by atoms with Crippen LogP contribution in [0.15, 0.2) is 53.0 Å². The van der Waals surface area contributed by atoms with E-state index in [-0.39, 0.29) is 0 Å². The summed E-state index contributed by atoms with van der Waals surface area (Å²) in [5.41, 5.74) is 2.48. The first-order chi connectivity index (χ1) is 9.79. The predicted molar refractivity (Wildman–Crippen MR) is 79.2 cm³/mol. The van der Waals surface area contributed by atoms with Crippen molar-refractivity contribution in [3.63, 3.8) is 0 Å². The van der Waals surface area contributed by atoms with E-state index in [1.54, 1.807) is 0 Å². The SMILES string of the molecule is O=COC(c1cccc(Br)c1)c1n[nH]c2ccccc12. The molecule has 0 saturated carbocycles. The Morgan fingerprint density at radius 2 is 2.05 bits per heavy atom. The number of para-hydroxylation sites is 1. The molecule has 1 atom stereocenters. The van der Waals surface area contributed by atoms with Gasteiger partial charge in [-0.3, -0.25) is 9.89 Å². The van der Waals surface area contributed by atoms with Crippen molar-refractivity contribution < 1.29 is 9.53 Å². The number of H-pyrrole nitrogens is 1. The molecule has 0 aliphatic rings. The lowest BCUT2D eigenvalue weighted by Crippen LogP contribution is -2.06. The zero-order valence-corrected chi connectivity index (χ0v) is 12.0. The number of ether oxygens (including phenoxy) is 1. The molecule has 0 amide bonds. The van der Waals surface area contributed by atoms with Gasteiger partial charge >= 0.3 is 0 Å². The fraction of sp³-hybridized carbons (Fsp3) is 0.0667. The smallest absolute Gasteiger partial charge is 0.294 e. The van der Waals surface area contributed by atoms with Crippen LogP contribution < -0.4 is 0 Å². The van der Waals surface area contributed by atoms with Gasteiger partial charge in [-0.1, -0.05) is 46.3 Å². The first kappa shape index (κ1) is 12.9. The fourth-order valence-corrected chi connectivity index (χ4v) is 2.63. The maximum Gasteiger partial charge on any atom is 0.294 e. The number of carbonyl (C=O) groups is 1. The summed E-state index contributed by atoms with van der Waals surface area (Å²) in [5, 5.41) is 8.19. The van der Waals surface area contributed by atoms with E-state index in [0.717, 1.165) is 20.9 Å². The first-order valence-corrected chi connectivity index (χ1v) is 6.86. The summed E-state index contributed by atoms with van der Waals surface area (Å²) in [4.78, 5) is 10.8. The van der Waals surface area contributed by atoms with E-state index >= 15 is 0 Å². The van der Waals surface area contributed by atoms with E-state index in [0.29, 0.717) is 12.2 Å². The van der Waals surface area contributed by atoms with Gasteiger partial charge in [-0.2, -0.15) is 5.10 Å². The van der Waals surface area contributed by atoms with Crippen LogP contribution >= 0.6 is 15.9 Å². The van der Waals surface area contributed by atoms with Crippen molar-refractivity contribution in [1.29, 1.82) is 0 Å². The number of carbonyl (C=O) groups excluding carboxylic acids is 1. The number of aromatic nitrogens is 2. The van der Waals surface area contributed by atoms with Crippen molar-refractivity contribution in [3.05, 3.63) is 64.3 Å². The molecule has 0 fully saturated rings. The van der Waals surface area contributed by atoms with E-state index in [4.69, 9.17) is 4.74 Å². The average Bonchev–Trinajstić information content (AvgIpc) is 2.88. The predicted octanol–water partition coefficient (Wildman–Crippen LogP) is 3.59. The van der Waals surface area contributed by atoms with Gasteiger partial charge in [-0.25, -0.2) is 0 Å². The maximum absolute atomic E-state index is 10.8. The minimum absolute atomic E-state index is 0.453. The van der Waals surface area contributed by atoms with Gasteiger partial charge in [-0.05, 0) is 23.8 Å². The average molecular weight is 331 g/mol. The Kier molecular flexibility index (Phi) is 3.52. The van der Waals surface area contributed by atoms with E-state index in [2.05, 4.69) is 26.1 Å². The van der Waals surface area contributed by atoms with E-state index in [1.807, 2.05) is 48.5 Å². The lowest BCUT2D eigenvalue weighted by molar-refractivity contribution is -0.132.